The average Bonchev–Trinajstić information content (AvgIpc) is 4.06. The number of amides is 3. The van der Waals surface area contributed by atoms with Crippen molar-refractivity contribution in [3.05, 3.63) is 72.2 Å². The van der Waals surface area contributed by atoms with E-state index in [1.807, 2.05) is 73.5 Å². The number of aliphatic hydroxyl groups excluding tert-OH is 1. The quantitative estimate of drug-likeness (QED) is 0.114. The van der Waals surface area contributed by atoms with Gasteiger partial charge in [-0.25, -0.2) is 18.9 Å². The van der Waals surface area contributed by atoms with E-state index < -0.39 is 17.6 Å². The van der Waals surface area contributed by atoms with Crippen molar-refractivity contribution in [1.29, 1.82) is 0 Å². The molecule has 66 heavy (non-hydrogen) atoms. The number of anilines is 2. The first-order valence-corrected chi connectivity index (χ1v) is 23.3. The third-order valence-electron chi connectivity index (χ3n) is 12.4. The van der Waals surface area contributed by atoms with Gasteiger partial charge < -0.3 is 49.0 Å². The molecule has 3 aliphatic heterocycles. The Bertz CT molecular complexity index is 2230. The number of halogens is 1. The summed E-state index contributed by atoms with van der Waals surface area (Å²) < 4.78 is 38.3. The molecule has 0 spiro atoms. The zero-order valence-corrected chi connectivity index (χ0v) is 38.8. The Morgan fingerprint density at radius 2 is 1.53 bits per heavy atom. The minimum atomic E-state index is -0.700. The van der Waals surface area contributed by atoms with E-state index in [0.717, 1.165) is 48.0 Å². The number of hydrogen-bond acceptors (Lipinski definition) is 13. The van der Waals surface area contributed by atoms with E-state index in [1.165, 1.54) is 6.07 Å². The lowest BCUT2D eigenvalue weighted by Gasteiger charge is -2.35. The summed E-state index contributed by atoms with van der Waals surface area (Å²) in [6.07, 6.45) is 4.12. The third-order valence-corrected chi connectivity index (χ3v) is 12.4. The highest BCUT2D eigenvalue weighted by molar-refractivity contribution is 5.88. The van der Waals surface area contributed by atoms with Crippen molar-refractivity contribution in [2.45, 2.75) is 84.0 Å². The van der Waals surface area contributed by atoms with Crippen molar-refractivity contribution in [3.8, 4) is 11.4 Å². The summed E-state index contributed by atoms with van der Waals surface area (Å²) in [7, 11) is 0. The van der Waals surface area contributed by atoms with Crippen molar-refractivity contribution in [3.63, 3.8) is 0 Å². The molecule has 0 radical (unpaired) electrons. The highest BCUT2D eigenvalue weighted by atomic mass is 19.1. The Kier molecular flexibility index (Phi) is 16.9. The second-order valence-corrected chi connectivity index (χ2v) is 18.3. The van der Waals surface area contributed by atoms with Gasteiger partial charge >= 0.3 is 0 Å². The highest BCUT2D eigenvalue weighted by Crippen LogP contribution is 2.36. The van der Waals surface area contributed by atoms with Crippen molar-refractivity contribution < 1.29 is 42.8 Å². The van der Waals surface area contributed by atoms with Gasteiger partial charge in [0.15, 0.2) is 5.65 Å². The maximum atomic E-state index is 14.1. The monoisotopic (exact) mass is 916 g/mol. The molecule has 17 nitrogen and oxygen atoms in total. The van der Waals surface area contributed by atoms with Crippen LogP contribution in [0.15, 0.2) is 60.8 Å². The molecule has 3 amide bonds. The minimum Gasteiger partial charge on any atom is -0.391 e. The topological polar surface area (TPSA) is 176 Å². The molecule has 3 aliphatic rings. The first kappa shape index (κ1) is 48.7. The zero-order valence-electron chi connectivity index (χ0n) is 38.8. The molecular formula is C48H66FN9O8. The molecule has 4 atom stereocenters. The second-order valence-electron chi connectivity index (χ2n) is 18.3. The Morgan fingerprint density at radius 1 is 0.848 bits per heavy atom. The fraction of sp³-hybridized carbons (Fsp3) is 0.583. The number of β-amino-alcohol motifs (C(OH)–C–C–N with tert-alkyl or cyclic N) is 1. The third kappa shape index (κ3) is 12.8. The summed E-state index contributed by atoms with van der Waals surface area (Å²) in [4.78, 5) is 56.4. The summed E-state index contributed by atoms with van der Waals surface area (Å²) in [5.74, 6) is 1.01. The van der Waals surface area contributed by atoms with Gasteiger partial charge in [-0.15, -0.1) is 5.10 Å². The van der Waals surface area contributed by atoms with Crippen LogP contribution in [0.4, 0.5) is 16.0 Å². The van der Waals surface area contributed by atoms with Gasteiger partial charge in [0.1, 0.15) is 29.2 Å². The standard InChI is InChI=1S/C48H66FN9O8/c1-34-30-37(59)33-57(34)47(62)46(48(2,3)4)52-44(60)15-22-63-24-26-65-28-29-66-27-25-64-23-16-45(61)55-20-18-54(19-21-55)42-12-6-10-38(51-42)40-32-50-41-13-14-43(53-58(40)41)56-17-7-11-39(56)35-8-5-9-36(49)31-35/h5-6,8-10,12-14,31-32,34,37,39,46,59H,7,11,15-30,33H2,1-4H3,(H,52,60)/t34-,37-,39-,46-/m1/s1. The van der Waals surface area contributed by atoms with Gasteiger partial charge in [-0.05, 0) is 73.6 Å². The van der Waals surface area contributed by atoms with Crippen molar-refractivity contribution >= 4 is 35.0 Å². The summed E-state index contributed by atoms with van der Waals surface area (Å²) >= 11 is 0. The van der Waals surface area contributed by atoms with Gasteiger partial charge in [0.25, 0.3) is 0 Å². The van der Waals surface area contributed by atoms with Crippen LogP contribution in [0, 0.1) is 11.2 Å². The van der Waals surface area contributed by atoms with Crippen molar-refractivity contribution in [1.82, 2.24) is 34.7 Å². The van der Waals surface area contributed by atoms with Gasteiger partial charge in [-0.3, -0.25) is 14.4 Å². The van der Waals surface area contributed by atoms with E-state index in [4.69, 9.17) is 29.0 Å². The molecule has 0 aliphatic carbocycles. The number of ether oxygens (including phenoxy) is 4. The molecular weight excluding hydrogens is 850 g/mol. The molecule has 4 aromatic rings. The number of nitrogens with one attached hydrogen (secondary N) is 1. The van der Waals surface area contributed by atoms with E-state index in [2.05, 4.69) is 20.1 Å². The number of carbonyl (C=O) groups is 3. The fourth-order valence-corrected chi connectivity index (χ4v) is 8.82. The van der Waals surface area contributed by atoms with Crippen LogP contribution in [0.1, 0.15) is 71.4 Å². The Morgan fingerprint density at radius 3 is 2.20 bits per heavy atom. The fourth-order valence-electron chi connectivity index (χ4n) is 8.82. The Balaban J connectivity index is 0.733. The molecule has 7 rings (SSSR count). The number of benzene rings is 1. The minimum absolute atomic E-state index is 0.0489. The maximum absolute atomic E-state index is 14.1. The van der Waals surface area contributed by atoms with E-state index in [1.54, 1.807) is 23.2 Å². The normalized spacial score (nSPS) is 19.5. The predicted octanol–water partition coefficient (Wildman–Crippen LogP) is 4.28. The van der Waals surface area contributed by atoms with E-state index in [-0.39, 0.29) is 55.2 Å². The van der Waals surface area contributed by atoms with Crippen LogP contribution in [0.5, 0.6) is 0 Å². The molecule has 18 heteroatoms. The second kappa shape index (κ2) is 23.0. The van der Waals surface area contributed by atoms with Crippen LogP contribution in [-0.2, 0) is 33.3 Å². The van der Waals surface area contributed by atoms with E-state index in [9.17, 15) is 23.9 Å². The molecule has 0 bridgehead atoms. The molecule has 1 aromatic carbocycles. The number of aliphatic hydroxyl groups is 1. The summed E-state index contributed by atoms with van der Waals surface area (Å²) in [6.45, 7) is 13.9. The predicted molar refractivity (Wildman–Crippen MR) is 246 cm³/mol. The highest BCUT2D eigenvalue weighted by Gasteiger charge is 2.40. The number of piperazine rings is 1. The molecule has 6 heterocycles. The first-order valence-electron chi connectivity index (χ1n) is 23.3. The average molecular weight is 916 g/mol. The summed E-state index contributed by atoms with van der Waals surface area (Å²) in [5.41, 5.74) is 2.69. The molecule has 3 aromatic heterocycles. The van der Waals surface area contributed by atoms with Gasteiger partial charge in [-0.1, -0.05) is 39.0 Å². The molecule has 2 N–H and O–H groups in total. The van der Waals surface area contributed by atoms with E-state index in [0.29, 0.717) is 90.9 Å². The number of nitrogens with zero attached hydrogens (tertiary/aromatic N) is 8. The molecule has 0 saturated carbocycles. The number of fused-ring (bicyclic) bond motifs is 1. The van der Waals surface area contributed by atoms with Gasteiger partial charge in [-0.2, -0.15) is 0 Å². The van der Waals surface area contributed by atoms with Crippen molar-refractivity contribution in [2.24, 2.45) is 5.41 Å². The molecule has 358 valence electrons. The lowest BCUT2D eigenvalue weighted by atomic mass is 9.85. The molecule has 3 saturated heterocycles. The van der Waals surface area contributed by atoms with Crippen LogP contribution in [0.2, 0.25) is 0 Å². The summed E-state index contributed by atoms with van der Waals surface area (Å²) in [5, 5.41) is 17.9. The smallest absolute Gasteiger partial charge is 0.246 e. The van der Waals surface area contributed by atoms with Crippen LogP contribution in [-0.4, -0.2) is 163 Å². The summed E-state index contributed by atoms with van der Waals surface area (Å²) in [6, 6.07) is 15.9. The SMILES string of the molecule is C[C@@H]1C[C@@H](O)CN1C(=O)[C@@H](NC(=O)CCOCCOCCOCCOCCC(=O)N1CCN(c2cccc(-c3cnc4ccc(N5CCC[C@@H]5c5cccc(F)c5)nn34)n2)CC1)C(C)(C)C. The molecule has 3 fully saturated rings. The number of aromatic nitrogens is 4. The number of rotatable bonds is 21. The van der Waals surface area contributed by atoms with Crippen LogP contribution >= 0.6 is 0 Å². The van der Waals surface area contributed by atoms with Gasteiger partial charge in [0.05, 0.1) is 83.3 Å². The molecule has 0 unspecified atom stereocenters. The van der Waals surface area contributed by atoms with Gasteiger partial charge in [0.2, 0.25) is 17.7 Å². The lowest BCUT2D eigenvalue weighted by molar-refractivity contribution is -0.140. The van der Waals surface area contributed by atoms with Crippen LogP contribution in [0.3, 0.4) is 0 Å². The van der Waals surface area contributed by atoms with Crippen LogP contribution < -0.4 is 15.1 Å². The maximum Gasteiger partial charge on any atom is 0.246 e. The Labute approximate surface area is 386 Å². The largest absolute Gasteiger partial charge is 0.391 e. The number of pyridine rings is 1. The zero-order chi connectivity index (χ0) is 46.6. The lowest BCUT2D eigenvalue weighted by Crippen LogP contribution is -2.55. The first-order chi connectivity index (χ1) is 31.9. The number of likely N-dealkylation sites (tertiary alicyclic amines) is 1. The van der Waals surface area contributed by atoms with Crippen molar-refractivity contribution in [2.75, 3.05) is 102 Å². The number of hydrogen-bond donors (Lipinski definition) is 2. The van der Waals surface area contributed by atoms with E-state index >= 15 is 0 Å². The van der Waals surface area contributed by atoms with Crippen LogP contribution in [0.25, 0.3) is 17.0 Å². The Hall–Kier alpha value is -5.27. The van der Waals surface area contributed by atoms with Gasteiger partial charge in [0, 0.05) is 51.7 Å². The number of imidazole rings is 1. The number of carbonyl (C=O) groups excluding carboxylic acids is 3.